The number of thiophene rings is 1. The van der Waals surface area contributed by atoms with Gasteiger partial charge in [-0.05, 0) is 11.4 Å². The van der Waals surface area contributed by atoms with E-state index in [9.17, 15) is 0 Å². The highest BCUT2D eigenvalue weighted by Gasteiger charge is 2.07. The number of thioether (sulfide) groups is 2. The van der Waals surface area contributed by atoms with Gasteiger partial charge in [-0.1, -0.05) is 29.6 Å². The predicted octanol–water partition coefficient (Wildman–Crippen LogP) is 3.08. The predicted molar refractivity (Wildman–Crippen MR) is 60.4 cm³/mol. The summed E-state index contributed by atoms with van der Waals surface area (Å²) < 4.78 is 1.27. The smallest absolute Gasteiger partial charge is 0.125 e. The van der Waals surface area contributed by atoms with Crippen LogP contribution < -0.4 is 0 Å². The summed E-state index contributed by atoms with van der Waals surface area (Å²) in [6.45, 7) is 1.01. The van der Waals surface area contributed by atoms with Crippen LogP contribution in [0.15, 0.2) is 22.5 Å². The van der Waals surface area contributed by atoms with Crippen LogP contribution in [0.2, 0.25) is 0 Å². The van der Waals surface area contributed by atoms with Crippen LogP contribution in [0.1, 0.15) is 4.88 Å². The molecule has 0 N–H and O–H groups in total. The average molecular weight is 215 g/mol. The summed E-state index contributed by atoms with van der Waals surface area (Å²) in [7, 11) is 0. The minimum Gasteiger partial charge on any atom is -0.271 e. The molecule has 4 heteroatoms. The molecule has 0 aliphatic carbocycles. The van der Waals surface area contributed by atoms with Crippen molar-refractivity contribution < 1.29 is 0 Å². The quantitative estimate of drug-likeness (QED) is 0.751. The van der Waals surface area contributed by atoms with Crippen molar-refractivity contribution in [2.75, 3.05) is 12.3 Å². The molecule has 0 atom stereocenters. The average Bonchev–Trinajstić information content (AvgIpc) is 2.74. The SMILES string of the molecule is c1csc(CSC2=NCCS2)c1. The lowest BCUT2D eigenvalue weighted by molar-refractivity contribution is 1.18. The van der Waals surface area contributed by atoms with Gasteiger partial charge in [0.15, 0.2) is 0 Å². The highest BCUT2D eigenvalue weighted by atomic mass is 32.2. The normalized spacial score (nSPS) is 16.5. The first-order chi connectivity index (χ1) is 5.95. The Morgan fingerprint density at radius 1 is 1.58 bits per heavy atom. The zero-order valence-corrected chi connectivity index (χ0v) is 8.97. The summed E-state index contributed by atoms with van der Waals surface area (Å²) in [5, 5.41) is 2.12. The zero-order valence-electron chi connectivity index (χ0n) is 6.53. The van der Waals surface area contributed by atoms with E-state index in [1.807, 2.05) is 34.9 Å². The van der Waals surface area contributed by atoms with Crippen LogP contribution >= 0.6 is 34.9 Å². The van der Waals surface area contributed by atoms with Crippen molar-refractivity contribution in [3.8, 4) is 0 Å². The second-order valence-electron chi connectivity index (χ2n) is 2.36. The second-order valence-corrected chi connectivity index (χ2v) is 5.70. The Kier molecular flexibility index (Phi) is 3.14. The first-order valence-electron chi connectivity index (χ1n) is 3.77. The summed E-state index contributed by atoms with van der Waals surface area (Å²) in [5.74, 6) is 2.26. The topological polar surface area (TPSA) is 12.4 Å². The molecule has 0 radical (unpaired) electrons. The lowest BCUT2D eigenvalue weighted by Crippen LogP contribution is -1.80. The van der Waals surface area contributed by atoms with Crippen LogP contribution in [0, 0.1) is 0 Å². The molecule has 0 fully saturated rings. The summed E-state index contributed by atoms with van der Waals surface area (Å²) in [6, 6.07) is 4.28. The molecule has 0 amide bonds. The maximum absolute atomic E-state index is 4.38. The molecule has 0 unspecified atom stereocenters. The number of rotatable bonds is 2. The van der Waals surface area contributed by atoms with Crippen LogP contribution in [0.5, 0.6) is 0 Å². The monoisotopic (exact) mass is 215 g/mol. The first-order valence-corrected chi connectivity index (χ1v) is 6.63. The Hall–Kier alpha value is 0.0700. The molecule has 0 aromatic carbocycles. The molecule has 2 rings (SSSR count). The fourth-order valence-corrected chi connectivity index (χ4v) is 3.71. The molecular weight excluding hydrogens is 206 g/mol. The van der Waals surface area contributed by atoms with Crippen LogP contribution in [0.4, 0.5) is 0 Å². The largest absolute Gasteiger partial charge is 0.271 e. The maximum Gasteiger partial charge on any atom is 0.125 e. The third-order valence-electron chi connectivity index (χ3n) is 1.48. The van der Waals surface area contributed by atoms with Gasteiger partial charge in [-0.15, -0.1) is 11.3 Å². The van der Waals surface area contributed by atoms with Crippen molar-refractivity contribution in [2.45, 2.75) is 5.75 Å². The molecule has 0 spiro atoms. The Morgan fingerprint density at radius 2 is 2.58 bits per heavy atom. The van der Waals surface area contributed by atoms with E-state index < -0.39 is 0 Å². The zero-order chi connectivity index (χ0) is 8.23. The lowest BCUT2D eigenvalue weighted by Gasteiger charge is -1.95. The highest BCUT2D eigenvalue weighted by Crippen LogP contribution is 2.26. The second kappa shape index (κ2) is 4.35. The van der Waals surface area contributed by atoms with Gasteiger partial charge in [0.25, 0.3) is 0 Å². The summed E-state index contributed by atoms with van der Waals surface area (Å²) >= 11 is 5.57. The van der Waals surface area contributed by atoms with E-state index in [4.69, 9.17) is 0 Å². The van der Waals surface area contributed by atoms with Crippen molar-refractivity contribution in [3.05, 3.63) is 22.4 Å². The van der Waals surface area contributed by atoms with E-state index in [2.05, 4.69) is 22.5 Å². The van der Waals surface area contributed by atoms with E-state index in [1.165, 1.54) is 15.0 Å². The molecule has 0 saturated carbocycles. The third kappa shape index (κ3) is 2.28. The summed E-state index contributed by atoms with van der Waals surface area (Å²) in [4.78, 5) is 5.82. The van der Waals surface area contributed by atoms with Gasteiger partial charge in [-0.25, -0.2) is 0 Å². The minimum absolute atomic E-state index is 1.01. The van der Waals surface area contributed by atoms with Gasteiger partial charge < -0.3 is 0 Å². The standard InChI is InChI=1S/C8H9NS3/c1-2-7(10-4-1)6-12-8-9-3-5-11-8/h1-2,4H,3,5-6H2. The first kappa shape index (κ1) is 8.66. The number of hydrogen-bond acceptors (Lipinski definition) is 4. The van der Waals surface area contributed by atoms with Crippen molar-refractivity contribution in [3.63, 3.8) is 0 Å². The van der Waals surface area contributed by atoms with Gasteiger partial charge in [0.1, 0.15) is 4.38 Å². The molecule has 2 heterocycles. The fraction of sp³-hybridized carbons (Fsp3) is 0.375. The van der Waals surface area contributed by atoms with Crippen molar-refractivity contribution in [2.24, 2.45) is 4.99 Å². The number of aliphatic imine (C=N–C) groups is 1. The van der Waals surface area contributed by atoms with Gasteiger partial charge in [0, 0.05) is 16.4 Å². The molecular formula is C8H9NS3. The molecule has 1 nitrogen and oxygen atoms in total. The summed E-state index contributed by atoms with van der Waals surface area (Å²) in [6.07, 6.45) is 0. The van der Waals surface area contributed by atoms with E-state index in [-0.39, 0.29) is 0 Å². The van der Waals surface area contributed by atoms with E-state index in [1.54, 1.807) is 0 Å². The van der Waals surface area contributed by atoms with Crippen LogP contribution in [-0.4, -0.2) is 16.7 Å². The molecule has 1 aliphatic rings. The Bertz CT molecular complexity index is 266. The third-order valence-corrected chi connectivity index (χ3v) is 4.84. The van der Waals surface area contributed by atoms with Gasteiger partial charge in [0.05, 0.1) is 6.54 Å². The fourth-order valence-electron chi connectivity index (χ4n) is 0.930. The molecule has 1 aromatic heterocycles. The van der Waals surface area contributed by atoms with Crippen molar-refractivity contribution in [1.82, 2.24) is 0 Å². The van der Waals surface area contributed by atoms with Crippen molar-refractivity contribution in [1.29, 1.82) is 0 Å². The Morgan fingerprint density at radius 3 is 3.25 bits per heavy atom. The van der Waals surface area contributed by atoms with Gasteiger partial charge in [0.2, 0.25) is 0 Å². The van der Waals surface area contributed by atoms with Gasteiger partial charge >= 0.3 is 0 Å². The van der Waals surface area contributed by atoms with E-state index in [0.717, 1.165) is 12.3 Å². The maximum atomic E-state index is 4.38. The summed E-state index contributed by atoms with van der Waals surface area (Å²) in [5.41, 5.74) is 0. The van der Waals surface area contributed by atoms with E-state index in [0.29, 0.717) is 0 Å². The van der Waals surface area contributed by atoms with Crippen LogP contribution in [0.25, 0.3) is 0 Å². The lowest BCUT2D eigenvalue weighted by atomic mass is 10.5. The number of hydrogen-bond donors (Lipinski definition) is 0. The van der Waals surface area contributed by atoms with Crippen molar-refractivity contribution >= 4 is 39.2 Å². The van der Waals surface area contributed by atoms with Gasteiger partial charge in [-0.3, -0.25) is 4.99 Å². The highest BCUT2D eigenvalue weighted by molar-refractivity contribution is 8.38. The molecule has 64 valence electrons. The minimum atomic E-state index is 1.01. The molecule has 0 saturated heterocycles. The molecule has 1 aliphatic heterocycles. The number of nitrogens with zero attached hydrogens (tertiary/aromatic N) is 1. The Labute approximate surface area is 84.7 Å². The molecule has 1 aromatic rings. The molecule has 0 bridgehead atoms. The van der Waals surface area contributed by atoms with Gasteiger partial charge in [-0.2, -0.15) is 0 Å². The molecule has 12 heavy (non-hydrogen) atoms. The van der Waals surface area contributed by atoms with Crippen LogP contribution in [0.3, 0.4) is 0 Å². The van der Waals surface area contributed by atoms with Crippen LogP contribution in [-0.2, 0) is 5.75 Å². The van der Waals surface area contributed by atoms with E-state index >= 15 is 0 Å². The Balaban J connectivity index is 1.82.